The Morgan fingerprint density at radius 1 is 0.950 bits per heavy atom. The average molecular weight is 288 g/mol. The molecule has 2 heterocycles. The Morgan fingerprint density at radius 3 is 2.25 bits per heavy atom. The van der Waals surface area contributed by atoms with E-state index in [0.717, 1.165) is 36.9 Å². The fraction of sp³-hybridized carbons (Fsp3) is 0.312. The topological polar surface area (TPSA) is 19.4 Å². The quantitative estimate of drug-likeness (QED) is 0.844. The lowest BCUT2D eigenvalue weighted by Crippen LogP contribution is -2.46. The molecule has 3 nitrogen and oxygen atoms in total. The highest BCUT2D eigenvalue weighted by Crippen LogP contribution is 2.27. The number of nitrogens with zero attached hydrogens (tertiary/aromatic N) is 3. The largest absolute Gasteiger partial charge is 0.368 e. The Hall–Kier alpha value is -1.74. The lowest BCUT2D eigenvalue weighted by molar-refractivity contribution is 0.652. The summed E-state index contributed by atoms with van der Waals surface area (Å²) in [6, 6.07) is 10.6. The molecule has 4 heteroatoms. The minimum Gasteiger partial charge on any atom is -0.368 e. The number of aromatic nitrogens is 1. The normalized spacial score (nSPS) is 15.5. The summed E-state index contributed by atoms with van der Waals surface area (Å²) in [7, 11) is 0. The maximum atomic E-state index is 6.22. The molecule has 20 heavy (non-hydrogen) atoms. The van der Waals surface area contributed by atoms with E-state index in [1.54, 1.807) is 12.4 Å². The van der Waals surface area contributed by atoms with Crippen molar-refractivity contribution in [1.82, 2.24) is 4.98 Å². The molecule has 0 spiro atoms. The number of halogens is 1. The van der Waals surface area contributed by atoms with Crippen LogP contribution in [-0.4, -0.2) is 31.2 Å². The highest BCUT2D eigenvalue weighted by Gasteiger charge is 2.19. The first-order chi connectivity index (χ1) is 9.75. The zero-order valence-corrected chi connectivity index (χ0v) is 12.3. The maximum Gasteiger partial charge on any atom is 0.0822 e. The minimum atomic E-state index is 0.733. The molecule has 0 amide bonds. The van der Waals surface area contributed by atoms with Crippen molar-refractivity contribution in [1.29, 1.82) is 0 Å². The van der Waals surface area contributed by atoms with Gasteiger partial charge >= 0.3 is 0 Å². The molecule has 1 aromatic heterocycles. The molecule has 2 aromatic rings. The number of anilines is 2. The zero-order chi connectivity index (χ0) is 13.9. The van der Waals surface area contributed by atoms with Crippen molar-refractivity contribution in [2.75, 3.05) is 36.0 Å². The molecule has 0 aliphatic carbocycles. The second-order valence-corrected chi connectivity index (χ2v) is 5.49. The summed E-state index contributed by atoms with van der Waals surface area (Å²) >= 11 is 6.22. The van der Waals surface area contributed by atoms with Crippen LogP contribution in [0.1, 0.15) is 5.56 Å². The van der Waals surface area contributed by atoms with E-state index in [4.69, 9.17) is 11.6 Å². The van der Waals surface area contributed by atoms with Crippen molar-refractivity contribution in [3.8, 4) is 0 Å². The zero-order valence-electron chi connectivity index (χ0n) is 11.6. The highest BCUT2D eigenvalue weighted by molar-refractivity contribution is 6.33. The molecule has 1 aromatic carbocycles. The SMILES string of the molecule is Cc1ccccc1N1CCN(c2ccncc2Cl)CC1. The number of hydrogen-bond acceptors (Lipinski definition) is 3. The number of rotatable bonds is 2. The molecule has 104 valence electrons. The summed E-state index contributed by atoms with van der Waals surface area (Å²) in [6.45, 7) is 6.17. The summed E-state index contributed by atoms with van der Waals surface area (Å²) in [5.41, 5.74) is 3.77. The number of pyridine rings is 1. The molecule has 0 N–H and O–H groups in total. The molecule has 1 aliphatic heterocycles. The van der Waals surface area contributed by atoms with Gasteiger partial charge < -0.3 is 9.80 Å². The molecule has 0 unspecified atom stereocenters. The van der Waals surface area contributed by atoms with Crippen molar-refractivity contribution < 1.29 is 0 Å². The summed E-state index contributed by atoms with van der Waals surface area (Å²) in [5.74, 6) is 0. The van der Waals surface area contributed by atoms with Gasteiger partial charge in [-0.1, -0.05) is 29.8 Å². The molecule has 1 saturated heterocycles. The fourth-order valence-electron chi connectivity index (χ4n) is 2.73. The molecule has 0 atom stereocenters. The Kier molecular flexibility index (Phi) is 3.79. The second kappa shape index (κ2) is 5.71. The Balaban J connectivity index is 1.72. The number of aryl methyl sites for hydroxylation is 1. The first-order valence-electron chi connectivity index (χ1n) is 6.91. The van der Waals surface area contributed by atoms with Crippen molar-refractivity contribution >= 4 is 23.0 Å². The van der Waals surface area contributed by atoms with Crippen molar-refractivity contribution in [2.24, 2.45) is 0 Å². The van der Waals surface area contributed by atoms with Gasteiger partial charge in [0.1, 0.15) is 0 Å². The van der Waals surface area contributed by atoms with Gasteiger partial charge in [-0.15, -0.1) is 0 Å². The van der Waals surface area contributed by atoms with E-state index >= 15 is 0 Å². The van der Waals surface area contributed by atoms with Crippen LogP contribution in [0.15, 0.2) is 42.7 Å². The Labute approximate surface area is 124 Å². The first kappa shape index (κ1) is 13.3. The molecule has 0 saturated carbocycles. The third kappa shape index (κ3) is 2.59. The van der Waals surface area contributed by atoms with Gasteiger partial charge in [0.05, 0.1) is 10.7 Å². The number of benzene rings is 1. The lowest BCUT2D eigenvalue weighted by atomic mass is 10.1. The van der Waals surface area contributed by atoms with Crippen molar-refractivity contribution in [2.45, 2.75) is 6.92 Å². The van der Waals surface area contributed by atoms with Crippen LogP contribution in [0.5, 0.6) is 0 Å². The molecule has 1 fully saturated rings. The lowest BCUT2D eigenvalue weighted by Gasteiger charge is -2.38. The van der Waals surface area contributed by atoms with E-state index in [-0.39, 0.29) is 0 Å². The summed E-state index contributed by atoms with van der Waals surface area (Å²) in [6.07, 6.45) is 3.51. The summed E-state index contributed by atoms with van der Waals surface area (Å²) < 4.78 is 0. The van der Waals surface area contributed by atoms with Crippen LogP contribution < -0.4 is 9.80 Å². The predicted octanol–water partition coefficient (Wildman–Crippen LogP) is 3.37. The molecular weight excluding hydrogens is 270 g/mol. The van der Waals surface area contributed by atoms with Crippen molar-refractivity contribution in [3.63, 3.8) is 0 Å². The fourth-order valence-corrected chi connectivity index (χ4v) is 2.97. The van der Waals surface area contributed by atoms with Gasteiger partial charge in [0.25, 0.3) is 0 Å². The smallest absolute Gasteiger partial charge is 0.0822 e. The third-order valence-corrected chi connectivity index (χ3v) is 4.12. The monoisotopic (exact) mass is 287 g/mol. The van der Waals surface area contributed by atoms with Crippen LogP contribution >= 0.6 is 11.6 Å². The number of para-hydroxylation sites is 1. The van der Waals surface area contributed by atoms with Crippen molar-refractivity contribution in [3.05, 3.63) is 53.3 Å². The average Bonchev–Trinajstić information content (AvgIpc) is 2.49. The van der Waals surface area contributed by atoms with Gasteiger partial charge in [-0.25, -0.2) is 0 Å². The van der Waals surface area contributed by atoms with Crippen LogP contribution in [-0.2, 0) is 0 Å². The van der Waals surface area contributed by atoms with Gasteiger partial charge in [-0.3, -0.25) is 4.98 Å². The van der Waals surface area contributed by atoms with Gasteiger partial charge in [0.15, 0.2) is 0 Å². The van der Waals surface area contributed by atoms with E-state index in [9.17, 15) is 0 Å². The van der Waals surface area contributed by atoms with E-state index in [0.29, 0.717) is 0 Å². The molecule has 0 radical (unpaired) electrons. The van der Waals surface area contributed by atoms with Gasteiger partial charge in [-0.05, 0) is 24.6 Å². The van der Waals surface area contributed by atoms with Crippen LogP contribution in [0.4, 0.5) is 11.4 Å². The van der Waals surface area contributed by atoms with Crippen LogP contribution in [0.25, 0.3) is 0 Å². The minimum absolute atomic E-state index is 0.733. The molecule has 1 aliphatic rings. The predicted molar refractivity (Wildman–Crippen MR) is 84.9 cm³/mol. The van der Waals surface area contributed by atoms with E-state index in [1.807, 2.05) is 6.07 Å². The maximum absolute atomic E-state index is 6.22. The van der Waals surface area contributed by atoms with Gasteiger partial charge in [0, 0.05) is 44.3 Å². The van der Waals surface area contributed by atoms with Crippen LogP contribution in [0.2, 0.25) is 5.02 Å². The van der Waals surface area contributed by atoms with Gasteiger partial charge in [0.2, 0.25) is 0 Å². The van der Waals surface area contributed by atoms with E-state index in [1.165, 1.54) is 11.3 Å². The standard InChI is InChI=1S/C16H18ClN3/c1-13-4-2-3-5-15(13)19-8-10-20(11-9-19)16-6-7-18-12-14(16)17/h2-7,12H,8-11H2,1H3. The Bertz CT molecular complexity index is 538. The molecule has 3 rings (SSSR count). The first-order valence-corrected chi connectivity index (χ1v) is 7.28. The van der Waals surface area contributed by atoms with Crippen LogP contribution in [0, 0.1) is 6.92 Å². The van der Waals surface area contributed by atoms with E-state index in [2.05, 4.69) is 46.0 Å². The molecule has 0 bridgehead atoms. The van der Waals surface area contributed by atoms with E-state index < -0.39 is 0 Å². The summed E-state index contributed by atoms with van der Waals surface area (Å²) in [4.78, 5) is 8.82. The second-order valence-electron chi connectivity index (χ2n) is 5.09. The van der Waals surface area contributed by atoms with Crippen LogP contribution in [0.3, 0.4) is 0 Å². The highest BCUT2D eigenvalue weighted by atomic mass is 35.5. The Morgan fingerprint density at radius 2 is 1.60 bits per heavy atom. The molecular formula is C16H18ClN3. The summed E-state index contributed by atoms with van der Waals surface area (Å²) in [5, 5.41) is 0.733. The third-order valence-electron chi connectivity index (χ3n) is 3.83. The number of hydrogen-bond donors (Lipinski definition) is 0. The van der Waals surface area contributed by atoms with Gasteiger partial charge in [-0.2, -0.15) is 0 Å². The number of piperazine rings is 1.